The Morgan fingerprint density at radius 3 is 2.81 bits per heavy atom. The number of piperidine rings is 1. The maximum Gasteiger partial charge on any atom is 0.426 e. The lowest BCUT2D eigenvalue weighted by Gasteiger charge is -2.33. The number of hydrogen-bond donors (Lipinski definition) is 1. The van der Waals surface area contributed by atoms with Crippen molar-refractivity contribution in [2.24, 2.45) is 0 Å². The number of nitrogens with one attached hydrogen (secondary N) is 1. The van der Waals surface area contributed by atoms with Gasteiger partial charge in [-0.05, 0) is 39.3 Å². The van der Waals surface area contributed by atoms with Gasteiger partial charge in [-0.1, -0.05) is 0 Å². The molecule has 0 radical (unpaired) electrons. The van der Waals surface area contributed by atoms with E-state index in [2.05, 4.69) is 15.5 Å². The highest BCUT2D eigenvalue weighted by atomic mass is 19.3. The van der Waals surface area contributed by atoms with Crippen molar-refractivity contribution in [3.8, 4) is 0 Å². The molecular formula is C17H24F2N6O2. The zero-order valence-corrected chi connectivity index (χ0v) is 15.9. The van der Waals surface area contributed by atoms with E-state index in [1.165, 1.54) is 9.91 Å². The van der Waals surface area contributed by atoms with Crippen LogP contribution in [-0.2, 0) is 4.74 Å². The van der Waals surface area contributed by atoms with Gasteiger partial charge >= 0.3 is 6.09 Å². The Morgan fingerprint density at radius 1 is 1.41 bits per heavy atom. The van der Waals surface area contributed by atoms with E-state index >= 15 is 0 Å². The minimum absolute atomic E-state index is 0.137. The van der Waals surface area contributed by atoms with Crippen molar-refractivity contribution >= 4 is 23.4 Å². The van der Waals surface area contributed by atoms with Crippen molar-refractivity contribution in [2.75, 3.05) is 30.0 Å². The van der Waals surface area contributed by atoms with E-state index in [0.717, 1.165) is 0 Å². The summed E-state index contributed by atoms with van der Waals surface area (Å²) in [5.41, 5.74) is 2.56. The molecule has 1 aliphatic rings. The van der Waals surface area contributed by atoms with Crippen LogP contribution in [0.5, 0.6) is 0 Å². The summed E-state index contributed by atoms with van der Waals surface area (Å²) >= 11 is 0. The number of rotatable bonds is 3. The summed E-state index contributed by atoms with van der Waals surface area (Å²) in [5, 5.41) is 5.73. The molecule has 1 saturated heterocycles. The van der Waals surface area contributed by atoms with Gasteiger partial charge in [-0.25, -0.2) is 23.5 Å². The molecule has 0 unspecified atom stereocenters. The molecule has 3 heterocycles. The van der Waals surface area contributed by atoms with Gasteiger partial charge in [0.1, 0.15) is 11.1 Å². The third-order valence-electron chi connectivity index (χ3n) is 4.01. The third-order valence-corrected chi connectivity index (χ3v) is 4.01. The van der Waals surface area contributed by atoms with E-state index in [1.807, 2.05) is 0 Å². The number of fused-ring (bicyclic) bond motifs is 1. The summed E-state index contributed by atoms with van der Waals surface area (Å²) in [5.74, 6) is -2.20. The fourth-order valence-corrected chi connectivity index (χ4v) is 2.92. The van der Waals surface area contributed by atoms with Gasteiger partial charge in [0.05, 0.1) is 6.54 Å². The number of amides is 1. The minimum Gasteiger partial charge on any atom is -0.443 e. The molecule has 1 aliphatic heterocycles. The van der Waals surface area contributed by atoms with Crippen molar-refractivity contribution < 1.29 is 18.3 Å². The summed E-state index contributed by atoms with van der Waals surface area (Å²) < 4.78 is 34.4. The van der Waals surface area contributed by atoms with Crippen LogP contribution in [-0.4, -0.2) is 52.4 Å². The monoisotopic (exact) mass is 382 g/mol. The molecule has 0 saturated carbocycles. The molecule has 2 aromatic rings. The zero-order valence-electron chi connectivity index (χ0n) is 15.9. The van der Waals surface area contributed by atoms with Crippen molar-refractivity contribution in [1.29, 1.82) is 0 Å². The molecule has 27 heavy (non-hydrogen) atoms. The maximum absolute atomic E-state index is 13.8. The first-order valence-corrected chi connectivity index (χ1v) is 8.76. The first-order chi connectivity index (χ1) is 12.5. The van der Waals surface area contributed by atoms with E-state index in [1.54, 1.807) is 50.7 Å². The number of halogens is 2. The van der Waals surface area contributed by atoms with Gasteiger partial charge in [0, 0.05) is 26.2 Å². The van der Waals surface area contributed by atoms with Crippen molar-refractivity contribution in [3.05, 3.63) is 18.3 Å². The summed E-state index contributed by atoms with van der Waals surface area (Å²) in [6, 6.07) is 3.54. The van der Waals surface area contributed by atoms with Crippen LogP contribution >= 0.6 is 0 Å². The van der Waals surface area contributed by atoms with Crippen LogP contribution < -0.4 is 15.3 Å². The topological polar surface area (TPSA) is 75.0 Å². The lowest BCUT2D eigenvalue weighted by Crippen LogP contribution is -2.45. The SMILES string of the molecule is CN(NC(=O)OC(C)(C)C)c1nc(N2CCCC(F)(F)C2)nn2cccc12. The van der Waals surface area contributed by atoms with Gasteiger partial charge in [-0.15, -0.1) is 5.10 Å². The predicted octanol–water partition coefficient (Wildman–Crippen LogP) is 2.84. The van der Waals surface area contributed by atoms with Gasteiger partial charge in [-0.3, -0.25) is 5.01 Å². The summed E-state index contributed by atoms with van der Waals surface area (Å²) in [6.45, 7) is 5.30. The number of nitrogens with zero attached hydrogens (tertiary/aromatic N) is 5. The quantitative estimate of drug-likeness (QED) is 0.823. The molecule has 1 fully saturated rings. The van der Waals surface area contributed by atoms with Gasteiger partial charge in [0.25, 0.3) is 5.92 Å². The Bertz CT molecular complexity index is 832. The molecule has 0 spiro atoms. The fraction of sp³-hybridized carbons (Fsp3) is 0.588. The van der Waals surface area contributed by atoms with Gasteiger partial charge in [-0.2, -0.15) is 4.98 Å². The number of hydrazine groups is 1. The van der Waals surface area contributed by atoms with Crippen LogP contribution in [0.1, 0.15) is 33.6 Å². The predicted molar refractivity (Wildman–Crippen MR) is 97.2 cm³/mol. The second-order valence-corrected chi connectivity index (χ2v) is 7.63. The van der Waals surface area contributed by atoms with Crippen molar-refractivity contribution in [1.82, 2.24) is 20.0 Å². The highest BCUT2D eigenvalue weighted by Gasteiger charge is 2.36. The Morgan fingerprint density at radius 2 is 2.15 bits per heavy atom. The Hall–Kier alpha value is -2.65. The number of carbonyl (C=O) groups is 1. The third kappa shape index (κ3) is 4.55. The van der Waals surface area contributed by atoms with E-state index in [9.17, 15) is 13.6 Å². The lowest BCUT2D eigenvalue weighted by molar-refractivity contribution is -0.0121. The normalized spacial score (nSPS) is 17.0. The van der Waals surface area contributed by atoms with Gasteiger partial charge < -0.3 is 9.64 Å². The van der Waals surface area contributed by atoms with Crippen LogP contribution in [0.3, 0.4) is 0 Å². The molecule has 3 rings (SSSR count). The van der Waals surface area contributed by atoms with Crippen LogP contribution in [0.15, 0.2) is 18.3 Å². The molecule has 0 aliphatic carbocycles. The van der Waals surface area contributed by atoms with Crippen LogP contribution in [0.2, 0.25) is 0 Å². The standard InChI is InChI=1S/C17H24F2N6O2/c1-16(2,3)27-15(26)22-23(4)13-12-7-5-10-25(12)21-14(20-13)24-9-6-8-17(18,19)11-24/h5,7,10H,6,8-9,11H2,1-4H3,(H,22,26). The highest BCUT2D eigenvalue weighted by Crippen LogP contribution is 2.29. The average Bonchev–Trinajstić information content (AvgIpc) is 2.99. The Balaban J connectivity index is 1.88. The number of hydrogen-bond acceptors (Lipinski definition) is 6. The summed E-state index contributed by atoms with van der Waals surface area (Å²) in [6.07, 6.45) is 1.29. The van der Waals surface area contributed by atoms with Crippen LogP contribution in [0.25, 0.3) is 5.52 Å². The molecular weight excluding hydrogens is 358 g/mol. The number of carbonyl (C=O) groups excluding carboxylic acids is 1. The van der Waals surface area contributed by atoms with Crippen LogP contribution in [0.4, 0.5) is 25.3 Å². The second-order valence-electron chi connectivity index (χ2n) is 7.63. The Labute approximate surface area is 156 Å². The van der Waals surface area contributed by atoms with Gasteiger partial charge in [0.15, 0.2) is 5.82 Å². The minimum atomic E-state index is -2.77. The molecule has 0 bridgehead atoms. The van der Waals surface area contributed by atoms with Crippen molar-refractivity contribution in [3.63, 3.8) is 0 Å². The fourth-order valence-electron chi connectivity index (χ4n) is 2.92. The number of alkyl halides is 2. The van der Waals surface area contributed by atoms with E-state index in [4.69, 9.17) is 4.74 Å². The molecule has 2 aromatic heterocycles. The zero-order chi connectivity index (χ0) is 19.8. The van der Waals surface area contributed by atoms with E-state index in [0.29, 0.717) is 24.3 Å². The summed E-state index contributed by atoms with van der Waals surface area (Å²) in [7, 11) is 1.61. The van der Waals surface area contributed by atoms with E-state index < -0.39 is 24.2 Å². The number of anilines is 2. The first kappa shape index (κ1) is 19.1. The first-order valence-electron chi connectivity index (χ1n) is 8.76. The highest BCUT2D eigenvalue weighted by molar-refractivity contribution is 5.75. The lowest BCUT2D eigenvalue weighted by atomic mass is 10.1. The molecule has 8 nitrogen and oxygen atoms in total. The average molecular weight is 382 g/mol. The smallest absolute Gasteiger partial charge is 0.426 e. The molecule has 10 heteroatoms. The second kappa shape index (κ2) is 6.82. The molecule has 1 N–H and O–H groups in total. The number of aromatic nitrogens is 3. The molecule has 148 valence electrons. The Kier molecular flexibility index (Phi) is 4.83. The molecule has 0 atom stereocenters. The van der Waals surface area contributed by atoms with Crippen molar-refractivity contribution in [2.45, 2.75) is 45.1 Å². The maximum atomic E-state index is 13.8. The number of ether oxygens (including phenoxy) is 1. The molecule has 1 amide bonds. The van der Waals surface area contributed by atoms with Crippen LogP contribution in [0, 0.1) is 0 Å². The van der Waals surface area contributed by atoms with E-state index in [-0.39, 0.29) is 12.4 Å². The summed E-state index contributed by atoms with van der Waals surface area (Å²) in [4.78, 5) is 17.9. The van der Waals surface area contributed by atoms with Gasteiger partial charge in [0.2, 0.25) is 5.95 Å². The molecule has 0 aromatic carbocycles. The largest absolute Gasteiger partial charge is 0.443 e.